The first-order valence-corrected chi connectivity index (χ1v) is 26.2. The number of aromatic hydroxyl groups is 2. The number of hydrogen-bond donors (Lipinski definition) is 16. The predicted molar refractivity (Wildman–Crippen MR) is 288 cm³/mol. The smallest absolute Gasteiger partial charge is 0.326 e. The molecule has 1 heterocycles. The quantitative estimate of drug-likeness (QED) is 0.0180. The maximum Gasteiger partial charge on any atom is 0.326 e. The second kappa shape index (κ2) is 33.2. The van der Waals surface area contributed by atoms with Crippen LogP contribution >= 0.6 is 0 Å². The van der Waals surface area contributed by atoms with Gasteiger partial charge in [0.25, 0.3) is 0 Å². The summed E-state index contributed by atoms with van der Waals surface area (Å²) in [4.78, 5) is 140. The number of nitrogens with two attached hydrogens (primary N) is 6. The van der Waals surface area contributed by atoms with E-state index in [-0.39, 0.29) is 82.0 Å². The van der Waals surface area contributed by atoms with Gasteiger partial charge < -0.3 is 91.8 Å². The van der Waals surface area contributed by atoms with Crippen LogP contribution in [0.4, 0.5) is 0 Å². The molecule has 79 heavy (non-hydrogen) atoms. The summed E-state index contributed by atoms with van der Waals surface area (Å²) >= 11 is 0. The molecule has 0 aliphatic carbocycles. The van der Waals surface area contributed by atoms with E-state index in [1.807, 2.05) is 0 Å². The Balaban J connectivity index is 1.90. The second-order valence-corrected chi connectivity index (χ2v) is 19.3. The molecule has 28 heteroatoms. The minimum Gasteiger partial charge on any atom is -0.508 e. The van der Waals surface area contributed by atoms with Crippen molar-refractivity contribution >= 4 is 65.1 Å². The van der Waals surface area contributed by atoms with E-state index >= 15 is 0 Å². The standard InChI is InChI=1S/C51H79N15O13/c1-28(54)49(77)66-24-8-12-40(66)48(76)62-35(10-4-6-22-53)44(72)60-36(11-7-23-58-51(56)57)45(73)64-37(25-30-13-17-32(67)18-14-30)46(74)61-34(9-3-5-21-52)43(71)59-29(2)42(70)63-38(27-41(55)69)47(75)65-39(50(78)79)26-31-15-19-33(68)20-16-31/h13-20,28-29,34-40,67-68H,3-12,21-27,52-54H2,1-2H3,(H2,55,69)(H,59,71)(H,60,72)(H,61,74)(H,62,76)(H,63,70)(H,64,73)(H,65,75)(H,78,79)(H4,56,57,58)/t28-,29-,34-,35-,36-,37-,38-,39-,40-/m0/s1. The summed E-state index contributed by atoms with van der Waals surface area (Å²) in [6, 6.07) is -0.702. The second-order valence-electron chi connectivity index (χ2n) is 19.3. The SMILES string of the molecule is C[C@H](N)C(=O)N1CCC[C@H]1C(=O)N[C@@H](CCCCN)C(=O)N[C@@H](CCCN=C(N)N)C(=O)N[C@@H](Cc1ccc(O)cc1)C(=O)N[C@@H](CCCCN)C(=O)N[C@@H](C)C(=O)N[C@@H](CC(N)=O)C(=O)N[C@@H](Cc1ccc(O)cc1)C(=O)O. The first-order chi connectivity index (χ1) is 37.4. The third kappa shape index (κ3) is 22.8. The van der Waals surface area contributed by atoms with Gasteiger partial charge in [0.15, 0.2) is 5.96 Å². The molecular weight excluding hydrogens is 1030 g/mol. The summed E-state index contributed by atoms with van der Waals surface area (Å²) in [6.45, 7) is 3.57. The van der Waals surface area contributed by atoms with Crippen LogP contribution in [0.5, 0.6) is 11.5 Å². The number of aliphatic imine (C=N–C) groups is 1. The fraction of sp³-hybridized carbons (Fsp3) is 0.549. The predicted octanol–water partition coefficient (Wildman–Crippen LogP) is -4.09. The molecule has 0 aromatic heterocycles. The molecule has 0 unspecified atom stereocenters. The number of nitrogens with one attached hydrogen (secondary N) is 7. The van der Waals surface area contributed by atoms with Gasteiger partial charge in [0, 0.05) is 25.9 Å². The number of aliphatic carboxylic acids is 1. The highest BCUT2D eigenvalue weighted by molar-refractivity contribution is 5.99. The number of amides is 9. The summed E-state index contributed by atoms with van der Waals surface area (Å²) in [5.41, 5.74) is 34.7. The molecule has 1 fully saturated rings. The highest BCUT2D eigenvalue weighted by atomic mass is 16.4. The number of carbonyl (C=O) groups excluding carboxylic acids is 9. The van der Waals surface area contributed by atoms with Gasteiger partial charge in [0.1, 0.15) is 59.8 Å². The molecule has 2 aromatic carbocycles. The van der Waals surface area contributed by atoms with Gasteiger partial charge in [0.05, 0.1) is 12.5 Å². The van der Waals surface area contributed by atoms with Crippen LogP contribution in [-0.2, 0) is 60.8 Å². The van der Waals surface area contributed by atoms with E-state index in [0.717, 1.165) is 0 Å². The van der Waals surface area contributed by atoms with Crippen LogP contribution in [0.25, 0.3) is 0 Å². The Morgan fingerprint density at radius 1 is 0.582 bits per heavy atom. The number of carboxylic acids is 1. The fourth-order valence-corrected chi connectivity index (χ4v) is 8.45. The van der Waals surface area contributed by atoms with E-state index in [1.54, 1.807) is 0 Å². The molecule has 1 aliphatic heterocycles. The number of carbonyl (C=O) groups is 10. The number of nitrogens with zero attached hydrogens (tertiary/aromatic N) is 2. The van der Waals surface area contributed by atoms with Crippen molar-refractivity contribution in [2.75, 3.05) is 26.2 Å². The summed E-state index contributed by atoms with van der Waals surface area (Å²) in [5, 5.41) is 47.3. The number of rotatable bonds is 34. The first kappa shape index (κ1) is 65.2. The topological polar surface area (TPSA) is 487 Å². The van der Waals surface area contributed by atoms with E-state index in [2.05, 4.69) is 42.2 Å². The molecule has 1 saturated heterocycles. The van der Waals surface area contributed by atoms with E-state index in [1.165, 1.54) is 67.3 Å². The summed E-state index contributed by atoms with van der Waals surface area (Å²) in [7, 11) is 0. The average Bonchev–Trinajstić information content (AvgIpc) is 3.91. The third-order valence-corrected chi connectivity index (χ3v) is 12.8. The lowest BCUT2D eigenvalue weighted by atomic mass is 10.0. The van der Waals surface area contributed by atoms with Crippen molar-refractivity contribution < 1.29 is 63.3 Å². The number of primary amides is 1. The zero-order chi connectivity index (χ0) is 58.8. The van der Waals surface area contributed by atoms with E-state index in [0.29, 0.717) is 49.8 Å². The van der Waals surface area contributed by atoms with E-state index in [9.17, 15) is 63.3 Å². The minimum atomic E-state index is -1.70. The van der Waals surface area contributed by atoms with Gasteiger partial charge in [-0.1, -0.05) is 24.3 Å². The van der Waals surface area contributed by atoms with Gasteiger partial charge in [-0.05, 0) is 127 Å². The highest BCUT2D eigenvalue weighted by Gasteiger charge is 2.38. The lowest BCUT2D eigenvalue weighted by Gasteiger charge is -2.29. The normalized spacial score (nSPS) is 16.0. The lowest BCUT2D eigenvalue weighted by molar-refractivity contribution is -0.142. The number of benzene rings is 2. The molecule has 436 valence electrons. The Bertz CT molecular complexity index is 2420. The molecule has 0 spiro atoms. The van der Waals surface area contributed by atoms with Crippen LogP contribution in [-0.4, -0.2) is 166 Å². The zero-order valence-electron chi connectivity index (χ0n) is 44.6. The van der Waals surface area contributed by atoms with Crippen molar-refractivity contribution in [2.24, 2.45) is 39.4 Å². The highest BCUT2D eigenvalue weighted by Crippen LogP contribution is 2.20. The van der Waals surface area contributed by atoms with Crippen LogP contribution in [0.15, 0.2) is 53.5 Å². The Labute approximate surface area is 457 Å². The molecule has 2 aromatic rings. The number of unbranched alkanes of at least 4 members (excludes halogenated alkanes) is 2. The van der Waals surface area contributed by atoms with Crippen molar-refractivity contribution in [1.29, 1.82) is 0 Å². The molecule has 22 N–H and O–H groups in total. The summed E-state index contributed by atoms with van der Waals surface area (Å²) in [6.07, 6.45) is 1.32. The molecule has 9 atom stereocenters. The lowest BCUT2D eigenvalue weighted by Crippen LogP contribution is -2.60. The molecule has 28 nitrogen and oxygen atoms in total. The molecular formula is C51H79N15O13. The number of phenols is 2. The van der Waals surface area contributed by atoms with Gasteiger partial charge in [-0.2, -0.15) is 0 Å². The number of likely N-dealkylation sites (tertiary alicyclic amines) is 1. The number of guanidine groups is 1. The van der Waals surface area contributed by atoms with E-state index in [4.69, 9.17) is 34.4 Å². The van der Waals surface area contributed by atoms with Gasteiger partial charge >= 0.3 is 5.97 Å². The third-order valence-electron chi connectivity index (χ3n) is 12.8. The van der Waals surface area contributed by atoms with Crippen molar-refractivity contribution in [3.63, 3.8) is 0 Å². The molecule has 3 rings (SSSR count). The molecule has 9 amide bonds. The van der Waals surface area contributed by atoms with Crippen LogP contribution in [0.1, 0.15) is 95.6 Å². The summed E-state index contributed by atoms with van der Waals surface area (Å²) < 4.78 is 0. The van der Waals surface area contributed by atoms with Crippen molar-refractivity contribution in [1.82, 2.24) is 42.1 Å². The zero-order valence-corrected chi connectivity index (χ0v) is 44.6. The van der Waals surface area contributed by atoms with Gasteiger partial charge in [-0.3, -0.25) is 48.1 Å². The number of hydrogen-bond acceptors (Lipinski definition) is 16. The van der Waals surface area contributed by atoms with Crippen molar-refractivity contribution in [3.05, 3.63) is 59.7 Å². The maximum absolute atomic E-state index is 14.5. The monoisotopic (exact) mass is 1110 g/mol. The largest absolute Gasteiger partial charge is 0.508 e. The van der Waals surface area contributed by atoms with Crippen molar-refractivity contribution in [3.8, 4) is 11.5 Å². The fourth-order valence-electron chi connectivity index (χ4n) is 8.45. The van der Waals surface area contributed by atoms with E-state index < -0.39 is 120 Å². The van der Waals surface area contributed by atoms with Crippen LogP contribution in [0, 0.1) is 0 Å². The summed E-state index contributed by atoms with van der Waals surface area (Å²) in [5.74, 6) is -9.43. The number of phenolic OH excluding ortho intramolecular Hbond substituents is 2. The van der Waals surface area contributed by atoms with Gasteiger partial charge in [-0.25, -0.2) is 4.79 Å². The number of carboxylic acid groups (broad SMARTS) is 1. The average molecular weight is 1110 g/mol. The Morgan fingerprint density at radius 3 is 1.49 bits per heavy atom. The maximum atomic E-state index is 14.5. The van der Waals surface area contributed by atoms with Crippen molar-refractivity contribution in [2.45, 2.75) is 152 Å². The van der Waals surface area contributed by atoms with Crippen LogP contribution < -0.4 is 71.6 Å². The Hall–Kier alpha value is -8.11. The molecule has 0 radical (unpaired) electrons. The first-order valence-electron chi connectivity index (χ1n) is 26.2. The van der Waals surface area contributed by atoms with Crippen LogP contribution in [0.3, 0.4) is 0 Å². The molecule has 0 saturated carbocycles. The molecule has 1 aliphatic rings. The Kier molecular flexibility index (Phi) is 27.4. The molecule has 0 bridgehead atoms. The minimum absolute atomic E-state index is 0.0312. The van der Waals surface area contributed by atoms with Crippen LogP contribution in [0.2, 0.25) is 0 Å². The van der Waals surface area contributed by atoms with Gasteiger partial charge in [-0.15, -0.1) is 0 Å². The van der Waals surface area contributed by atoms with Gasteiger partial charge in [0.2, 0.25) is 53.2 Å². The Morgan fingerprint density at radius 2 is 1.01 bits per heavy atom.